The summed E-state index contributed by atoms with van der Waals surface area (Å²) in [6.07, 6.45) is 4.55. The number of methoxy groups -OCH3 is 1. The Kier molecular flexibility index (Phi) is 3.20. The molecule has 0 bridgehead atoms. The van der Waals surface area contributed by atoms with Crippen LogP contribution in [0.1, 0.15) is 25.7 Å². The van der Waals surface area contributed by atoms with Crippen LogP contribution in [0.2, 0.25) is 0 Å². The number of carbonyl (C=O) groups is 1. The summed E-state index contributed by atoms with van der Waals surface area (Å²) < 4.78 is 4.37. The molecule has 0 saturated heterocycles. The molecule has 1 radical (unpaired) electrons. The molecule has 0 aromatic carbocycles. The van der Waals surface area contributed by atoms with Gasteiger partial charge in [0, 0.05) is 6.54 Å². The smallest absolute Gasteiger partial charge is 0.428 e. The van der Waals surface area contributed by atoms with E-state index < -0.39 is 6.09 Å². The van der Waals surface area contributed by atoms with E-state index in [4.69, 9.17) is 0 Å². The lowest BCUT2D eigenvalue weighted by Crippen LogP contribution is -2.16. The van der Waals surface area contributed by atoms with Gasteiger partial charge in [0.25, 0.3) is 0 Å². The van der Waals surface area contributed by atoms with E-state index in [1.165, 1.54) is 26.4 Å². The molecule has 0 atom stereocenters. The molecule has 0 N–H and O–H groups in total. The van der Waals surface area contributed by atoms with Crippen molar-refractivity contribution >= 4 is 6.09 Å². The van der Waals surface area contributed by atoms with Crippen molar-refractivity contribution in [2.75, 3.05) is 13.7 Å². The predicted molar refractivity (Wildman–Crippen MR) is 41.4 cm³/mol. The van der Waals surface area contributed by atoms with Gasteiger partial charge in [-0.3, -0.25) is 0 Å². The largest absolute Gasteiger partial charge is 0.452 e. The third-order valence-corrected chi connectivity index (χ3v) is 1.88. The van der Waals surface area contributed by atoms with Gasteiger partial charge in [-0.15, -0.1) is 0 Å². The molecule has 1 aliphatic carbocycles. The van der Waals surface area contributed by atoms with Crippen molar-refractivity contribution in [1.29, 1.82) is 0 Å². The highest BCUT2D eigenvalue weighted by Gasteiger charge is 2.20. The quantitative estimate of drug-likeness (QED) is 0.579. The fourth-order valence-electron chi connectivity index (χ4n) is 1.02. The van der Waals surface area contributed by atoms with Crippen LogP contribution in [0.15, 0.2) is 0 Å². The zero-order valence-electron chi connectivity index (χ0n) is 6.88. The Morgan fingerprint density at radius 3 is 2.91 bits per heavy atom. The molecule has 3 nitrogen and oxygen atoms in total. The molecule has 1 saturated carbocycles. The van der Waals surface area contributed by atoms with Crippen LogP contribution >= 0.6 is 0 Å². The molecule has 0 aliphatic heterocycles. The maximum atomic E-state index is 10.5. The minimum Gasteiger partial charge on any atom is -0.452 e. The fourth-order valence-corrected chi connectivity index (χ4v) is 1.02. The van der Waals surface area contributed by atoms with Crippen molar-refractivity contribution in [1.82, 2.24) is 5.32 Å². The Morgan fingerprint density at radius 1 is 1.64 bits per heavy atom. The van der Waals surface area contributed by atoms with Crippen LogP contribution in [-0.2, 0) is 4.74 Å². The lowest BCUT2D eigenvalue weighted by molar-refractivity contribution is 0.169. The minimum atomic E-state index is -0.444. The van der Waals surface area contributed by atoms with Gasteiger partial charge in [0.1, 0.15) is 0 Å². The number of carbonyl (C=O) groups excluding carboxylic acids is 1. The van der Waals surface area contributed by atoms with Gasteiger partial charge in [-0.25, -0.2) is 10.1 Å². The Bertz CT molecular complexity index is 132. The van der Waals surface area contributed by atoms with E-state index in [2.05, 4.69) is 10.1 Å². The molecule has 1 amide bonds. The fraction of sp³-hybridized carbons (Fsp3) is 0.875. The third kappa shape index (κ3) is 3.86. The molecule has 0 spiro atoms. The molecule has 0 unspecified atom stereocenters. The zero-order valence-corrected chi connectivity index (χ0v) is 6.88. The molecular formula is C8H14NO2. The first-order chi connectivity index (χ1) is 5.33. The van der Waals surface area contributed by atoms with Crippen molar-refractivity contribution in [3.63, 3.8) is 0 Å². The Balaban J connectivity index is 1.82. The lowest BCUT2D eigenvalue weighted by atomic mass is 10.2. The third-order valence-electron chi connectivity index (χ3n) is 1.88. The number of ether oxygens (including phenoxy) is 1. The minimum absolute atomic E-state index is 0.444. The zero-order chi connectivity index (χ0) is 8.10. The molecule has 63 valence electrons. The summed E-state index contributed by atoms with van der Waals surface area (Å²) >= 11 is 0. The Labute approximate surface area is 67.1 Å². The van der Waals surface area contributed by atoms with E-state index in [0.717, 1.165) is 12.3 Å². The van der Waals surface area contributed by atoms with Crippen LogP contribution in [-0.4, -0.2) is 19.7 Å². The van der Waals surface area contributed by atoms with E-state index in [-0.39, 0.29) is 0 Å². The van der Waals surface area contributed by atoms with Crippen LogP contribution in [0.25, 0.3) is 0 Å². The van der Waals surface area contributed by atoms with Crippen molar-refractivity contribution in [2.24, 2.45) is 5.92 Å². The number of rotatable bonds is 4. The van der Waals surface area contributed by atoms with Crippen LogP contribution in [0.3, 0.4) is 0 Å². The molecule has 3 heteroatoms. The highest BCUT2D eigenvalue weighted by Crippen LogP contribution is 2.33. The van der Waals surface area contributed by atoms with Gasteiger partial charge in [-0.05, 0) is 18.8 Å². The van der Waals surface area contributed by atoms with Crippen LogP contribution in [0, 0.1) is 5.92 Å². The first kappa shape index (κ1) is 8.37. The first-order valence-electron chi connectivity index (χ1n) is 4.08. The average Bonchev–Trinajstić information content (AvgIpc) is 2.81. The van der Waals surface area contributed by atoms with Crippen molar-refractivity contribution in [3.8, 4) is 0 Å². The lowest BCUT2D eigenvalue weighted by Gasteiger charge is -1.98. The number of hydrogen-bond acceptors (Lipinski definition) is 2. The van der Waals surface area contributed by atoms with Gasteiger partial charge in [0.2, 0.25) is 0 Å². The summed E-state index contributed by atoms with van der Waals surface area (Å²) in [5, 5.41) is 3.68. The predicted octanol–water partition coefficient (Wildman–Crippen LogP) is 1.55. The van der Waals surface area contributed by atoms with E-state index in [1.54, 1.807) is 0 Å². The maximum Gasteiger partial charge on any atom is 0.428 e. The van der Waals surface area contributed by atoms with Crippen molar-refractivity contribution in [2.45, 2.75) is 25.7 Å². The Morgan fingerprint density at radius 2 is 2.36 bits per heavy atom. The molecule has 0 heterocycles. The van der Waals surface area contributed by atoms with Gasteiger partial charge in [-0.2, -0.15) is 0 Å². The van der Waals surface area contributed by atoms with Gasteiger partial charge in [0.15, 0.2) is 0 Å². The second-order valence-corrected chi connectivity index (χ2v) is 2.94. The summed E-state index contributed by atoms with van der Waals surface area (Å²) in [5.74, 6) is 0.933. The molecule has 1 aliphatic rings. The van der Waals surface area contributed by atoms with Gasteiger partial charge in [-0.1, -0.05) is 12.8 Å². The van der Waals surface area contributed by atoms with E-state index in [1.807, 2.05) is 0 Å². The summed E-state index contributed by atoms with van der Waals surface area (Å²) in [4.78, 5) is 10.5. The Hall–Kier alpha value is -0.730. The SMILES string of the molecule is COC(=O)[N]CCCC1CC1. The number of nitrogens with zero attached hydrogens (tertiary/aromatic N) is 1. The molecular weight excluding hydrogens is 142 g/mol. The van der Waals surface area contributed by atoms with Crippen molar-refractivity contribution < 1.29 is 9.53 Å². The van der Waals surface area contributed by atoms with Crippen molar-refractivity contribution in [3.05, 3.63) is 0 Å². The molecule has 1 fully saturated rings. The van der Waals surface area contributed by atoms with Gasteiger partial charge in [0.05, 0.1) is 7.11 Å². The topological polar surface area (TPSA) is 40.4 Å². The molecule has 11 heavy (non-hydrogen) atoms. The highest BCUT2D eigenvalue weighted by molar-refractivity contribution is 5.66. The number of hydrogen-bond donors (Lipinski definition) is 0. The van der Waals surface area contributed by atoms with Gasteiger partial charge >= 0.3 is 6.09 Å². The molecule has 0 aromatic heterocycles. The monoisotopic (exact) mass is 156 g/mol. The normalized spacial score (nSPS) is 16.1. The second-order valence-electron chi connectivity index (χ2n) is 2.94. The summed E-state index contributed by atoms with van der Waals surface area (Å²) in [6.45, 7) is 0.628. The average molecular weight is 156 g/mol. The first-order valence-corrected chi connectivity index (χ1v) is 4.08. The van der Waals surface area contributed by atoms with Crippen LogP contribution in [0.4, 0.5) is 4.79 Å². The maximum absolute atomic E-state index is 10.5. The molecule has 0 aromatic rings. The summed E-state index contributed by atoms with van der Waals surface area (Å²) in [5.41, 5.74) is 0. The van der Waals surface area contributed by atoms with Crippen LogP contribution < -0.4 is 5.32 Å². The number of amides is 1. The summed E-state index contributed by atoms with van der Waals surface area (Å²) in [6, 6.07) is 0. The van der Waals surface area contributed by atoms with E-state index in [0.29, 0.717) is 6.54 Å². The standard InChI is InChI=1S/C8H14NO2/c1-11-8(10)9-6-2-3-7-4-5-7/h7H,2-6H2,1H3. The van der Waals surface area contributed by atoms with Gasteiger partial charge < -0.3 is 4.74 Å². The van der Waals surface area contributed by atoms with Crippen LogP contribution in [0.5, 0.6) is 0 Å². The molecule has 1 rings (SSSR count). The second kappa shape index (κ2) is 4.21. The summed E-state index contributed by atoms with van der Waals surface area (Å²) in [7, 11) is 1.35. The van der Waals surface area contributed by atoms with E-state index >= 15 is 0 Å². The van der Waals surface area contributed by atoms with E-state index in [9.17, 15) is 4.79 Å². The highest BCUT2D eigenvalue weighted by atomic mass is 16.5.